The van der Waals surface area contributed by atoms with Crippen LogP contribution in [0.25, 0.3) is 0 Å². The summed E-state index contributed by atoms with van der Waals surface area (Å²) in [5, 5.41) is 7.40. The van der Waals surface area contributed by atoms with Crippen molar-refractivity contribution in [2.75, 3.05) is 0 Å². The average Bonchev–Trinajstić information content (AvgIpc) is 3.11. The van der Waals surface area contributed by atoms with Crippen LogP contribution in [-0.4, -0.2) is 32.8 Å². The number of nitrogens with zero attached hydrogens (tertiary/aromatic N) is 3. The van der Waals surface area contributed by atoms with E-state index in [1.54, 1.807) is 12.4 Å². The molecule has 2 heterocycles. The maximum Gasteiger partial charge on any atom is 0.237 e. The predicted octanol–water partition coefficient (Wildman–Crippen LogP) is 1.45. The van der Waals surface area contributed by atoms with Crippen LogP contribution in [0, 0.1) is 0 Å². The van der Waals surface area contributed by atoms with Crippen molar-refractivity contribution in [1.29, 1.82) is 0 Å². The van der Waals surface area contributed by atoms with Crippen LogP contribution >= 0.6 is 0 Å². The minimum Gasteiger partial charge on any atom is -0.352 e. The molecule has 1 amide bonds. The molecular formula is C17H23N5O. The molecule has 0 bridgehead atoms. The summed E-state index contributed by atoms with van der Waals surface area (Å²) < 4.78 is 2.02. The molecule has 0 aliphatic heterocycles. The highest BCUT2D eigenvalue weighted by molar-refractivity contribution is 5.82. The lowest BCUT2D eigenvalue weighted by Crippen LogP contribution is -2.47. The van der Waals surface area contributed by atoms with E-state index < -0.39 is 6.04 Å². The summed E-state index contributed by atoms with van der Waals surface area (Å²) in [6.45, 7) is 0. The number of amides is 1. The highest BCUT2D eigenvalue weighted by atomic mass is 16.2. The van der Waals surface area contributed by atoms with Crippen molar-refractivity contribution in [3.05, 3.63) is 48.5 Å². The molecule has 0 aromatic carbocycles. The Hall–Kier alpha value is -2.21. The molecule has 1 atom stereocenters. The number of pyridine rings is 1. The van der Waals surface area contributed by atoms with Crippen LogP contribution in [-0.2, 0) is 11.2 Å². The summed E-state index contributed by atoms with van der Waals surface area (Å²) in [5.41, 5.74) is 7.06. The second kappa shape index (κ2) is 7.37. The van der Waals surface area contributed by atoms with Gasteiger partial charge in [0.05, 0.1) is 12.1 Å². The van der Waals surface area contributed by atoms with Gasteiger partial charge < -0.3 is 11.1 Å². The first kappa shape index (κ1) is 15.7. The first-order valence-corrected chi connectivity index (χ1v) is 8.16. The third kappa shape index (κ3) is 4.16. The molecule has 0 unspecified atom stereocenters. The molecule has 1 aliphatic carbocycles. The van der Waals surface area contributed by atoms with Gasteiger partial charge >= 0.3 is 0 Å². The van der Waals surface area contributed by atoms with Crippen molar-refractivity contribution in [2.45, 2.75) is 50.2 Å². The third-order valence-electron chi connectivity index (χ3n) is 4.48. The predicted molar refractivity (Wildman–Crippen MR) is 87.6 cm³/mol. The van der Waals surface area contributed by atoms with E-state index in [2.05, 4.69) is 15.4 Å². The molecule has 23 heavy (non-hydrogen) atoms. The first-order chi connectivity index (χ1) is 11.2. The molecule has 6 nitrogen and oxygen atoms in total. The van der Waals surface area contributed by atoms with E-state index in [0.29, 0.717) is 12.5 Å². The summed E-state index contributed by atoms with van der Waals surface area (Å²) in [4.78, 5) is 16.2. The second-order valence-electron chi connectivity index (χ2n) is 6.17. The number of nitrogens with two attached hydrogens (primary N) is 1. The van der Waals surface area contributed by atoms with Crippen LogP contribution in [0.15, 0.2) is 43.0 Å². The lowest BCUT2D eigenvalue weighted by atomic mass is 9.91. The molecule has 3 rings (SSSR count). The van der Waals surface area contributed by atoms with E-state index in [0.717, 1.165) is 31.2 Å². The first-order valence-electron chi connectivity index (χ1n) is 8.16. The molecule has 2 aromatic rings. The maximum atomic E-state index is 12.3. The standard InChI is InChI=1S/C17H23N5O/c18-16(12-13-6-9-19-10-7-13)17(23)21-14-2-4-15(5-3-14)22-11-1-8-20-22/h1,6-11,14-16H,2-5,12,18H2,(H,21,23)/t14?,15?,16-/m0/s1. The molecule has 3 N–H and O–H groups in total. The lowest BCUT2D eigenvalue weighted by molar-refractivity contribution is -0.123. The van der Waals surface area contributed by atoms with Crippen LogP contribution in [0.2, 0.25) is 0 Å². The van der Waals surface area contributed by atoms with Crippen LogP contribution < -0.4 is 11.1 Å². The summed E-state index contributed by atoms with van der Waals surface area (Å²) in [7, 11) is 0. The summed E-state index contributed by atoms with van der Waals surface area (Å²) >= 11 is 0. The third-order valence-corrected chi connectivity index (χ3v) is 4.48. The number of hydrogen-bond acceptors (Lipinski definition) is 4. The number of nitrogens with one attached hydrogen (secondary N) is 1. The fraction of sp³-hybridized carbons (Fsp3) is 0.471. The van der Waals surface area contributed by atoms with Gasteiger partial charge in [0.1, 0.15) is 0 Å². The highest BCUT2D eigenvalue weighted by Crippen LogP contribution is 2.27. The van der Waals surface area contributed by atoms with Crippen LogP contribution in [0.5, 0.6) is 0 Å². The normalized spacial score (nSPS) is 22.5. The Morgan fingerprint density at radius 1 is 1.26 bits per heavy atom. The molecular weight excluding hydrogens is 290 g/mol. The molecule has 0 saturated heterocycles. The van der Waals surface area contributed by atoms with Gasteiger partial charge in [-0.1, -0.05) is 0 Å². The molecule has 0 spiro atoms. The lowest BCUT2D eigenvalue weighted by Gasteiger charge is -2.30. The SMILES string of the molecule is N[C@@H](Cc1ccncc1)C(=O)NC1CCC(n2cccn2)CC1. The van der Waals surface area contributed by atoms with Crippen molar-refractivity contribution in [1.82, 2.24) is 20.1 Å². The smallest absolute Gasteiger partial charge is 0.237 e. The molecule has 1 aliphatic rings. The fourth-order valence-electron chi connectivity index (χ4n) is 3.16. The minimum absolute atomic E-state index is 0.0654. The molecule has 6 heteroatoms. The van der Waals surface area contributed by atoms with E-state index in [4.69, 9.17) is 5.73 Å². The van der Waals surface area contributed by atoms with Gasteiger partial charge in [0, 0.05) is 30.8 Å². The van der Waals surface area contributed by atoms with Crippen molar-refractivity contribution in [2.24, 2.45) is 5.73 Å². The minimum atomic E-state index is -0.513. The molecule has 1 saturated carbocycles. The van der Waals surface area contributed by atoms with Crippen LogP contribution in [0.3, 0.4) is 0 Å². The number of aromatic nitrogens is 3. The number of hydrogen-bond donors (Lipinski definition) is 2. The van der Waals surface area contributed by atoms with Crippen molar-refractivity contribution < 1.29 is 4.79 Å². The Balaban J connectivity index is 1.45. The largest absolute Gasteiger partial charge is 0.352 e. The van der Waals surface area contributed by atoms with E-state index in [1.807, 2.05) is 35.3 Å². The van der Waals surface area contributed by atoms with Crippen molar-refractivity contribution in [3.63, 3.8) is 0 Å². The van der Waals surface area contributed by atoms with E-state index in [-0.39, 0.29) is 11.9 Å². The van der Waals surface area contributed by atoms with Gasteiger partial charge in [0.2, 0.25) is 5.91 Å². The summed E-state index contributed by atoms with van der Waals surface area (Å²) in [5.74, 6) is -0.0654. The Kier molecular flexibility index (Phi) is 5.02. The van der Waals surface area contributed by atoms with Crippen LogP contribution in [0.1, 0.15) is 37.3 Å². The van der Waals surface area contributed by atoms with Crippen molar-refractivity contribution in [3.8, 4) is 0 Å². The second-order valence-corrected chi connectivity index (χ2v) is 6.17. The number of rotatable bonds is 5. The van der Waals surface area contributed by atoms with Gasteiger partial charge in [-0.05, 0) is 55.9 Å². The molecule has 2 aromatic heterocycles. The Morgan fingerprint density at radius 2 is 2.00 bits per heavy atom. The quantitative estimate of drug-likeness (QED) is 0.875. The zero-order chi connectivity index (χ0) is 16.1. The molecule has 0 radical (unpaired) electrons. The zero-order valence-corrected chi connectivity index (χ0v) is 13.1. The summed E-state index contributed by atoms with van der Waals surface area (Å²) in [6, 6.07) is 5.89. The monoisotopic (exact) mass is 313 g/mol. The van der Waals surface area contributed by atoms with E-state index in [9.17, 15) is 4.79 Å². The maximum absolute atomic E-state index is 12.3. The van der Waals surface area contributed by atoms with Gasteiger partial charge in [-0.15, -0.1) is 0 Å². The zero-order valence-electron chi connectivity index (χ0n) is 13.1. The number of carbonyl (C=O) groups is 1. The van der Waals surface area contributed by atoms with Gasteiger partial charge in [0.25, 0.3) is 0 Å². The van der Waals surface area contributed by atoms with Gasteiger partial charge in [-0.2, -0.15) is 5.10 Å². The topological polar surface area (TPSA) is 85.8 Å². The Morgan fingerprint density at radius 3 is 2.65 bits per heavy atom. The van der Waals surface area contributed by atoms with E-state index >= 15 is 0 Å². The average molecular weight is 313 g/mol. The number of carbonyl (C=O) groups excluding carboxylic acids is 1. The molecule has 1 fully saturated rings. The Bertz CT molecular complexity index is 605. The highest BCUT2D eigenvalue weighted by Gasteiger charge is 2.25. The van der Waals surface area contributed by atoms with E-state index in [1.165, 1.54) is 0 Å². The van der Waals surface area contributed by atoms with Gasteiger partial charge in [-0.25, -0.2) is 0 Å². The van der Waals surface area contributed by atoms with Crippen LogP contribution in [0.4, 0.5) is 0 Å². The van der Waals surface area contributed by atoms with Gasteiger partial charge in [0.15, 0.2) is 0 Å². The van der Waals surface area contributed by atoms with Gasteiger partial charge in [-0.3, -0.25) is 14.5 Å². The fourth-order valence-corrected chi connectivity index (χ4v) is 3.16. The summed E-state index contributed by atoms with van der Waals surface area (Å²) in [6.07, 6.45) is 11.8. The molecule has 122 valence electrons. The van der Waals surface area contributed by atoms with Crippen molar-refractivity contribution >= 4 is 5.91 Å². The Labute approximate surface area is 136 Å².